The van der Waals surface area contributed by atoms with Crippen LogP contribution < -0.4 is 5.73 Å². The summed E-state index contributed by atoms with van der Waals surface area (Å²) in [6.07, 6.45) is 1.99. The summed E-state index contributed by atoms with van der Waals surface area (Å²) >= 11 is 0. The van der Waals surface area contributed by atoms with Crippen LogP contribution in [0.25, 0.3) is 0 Å². The lowest BCUT2D eigenvalue weighted by molar-refractivity contribution is 0.104. The maximum Gasteiger partial charge on any atom is 0.119 e. The van der Waals surface area contributed by atoms with E-state index in [-0.39, 0.29) is 17.5 Å². The second-order valence-corrected chi connectivity index (χ2v) is 5.33. The minimum atomic E-state index is 0.109. The number of hydrogen-bond donors (Lipinski definition) is 3. The molecule has 0 bridgehead atoms. The van der Waals surface area contributed by atoms with Crippen molar-refractivity contribution in [2.45, 2.75) is 44.8 Å². The van der Waals surface area contributed by atoms with Crippen LogP contribution in [0.2, 0.25) is 0 Å². The van der Waals surface area contributed by atoms with Crippen molar-refractivity contribution >= 4 is 0 Å². The molecular formula is C14H22N2O2. The van der Waals surface area contributed by atoms with Gasteiger partial charge in [0, 0.05) is 30.7 Å². The van der Waals surface area contributed by atoms with Crippen molar-refractivity contribution < 1.29 is 10.2 Å². The molecule has 100 valence electrons. The Labute approximate surface area is 108 Å². The van der Waals surface area contributed by atoms with Gasteiger partial charge >= 0.3 is 0 Å². The maximum atomic E-state index is 9.55. The molecule has 2 rings (SSSR count). The molecule has 18 heavy (non-hydrogen) atoms. The van der Waals surface area contributed by atoms with Crippen LogP contribution in [0.5, 0.6) is 11.5 Å². The molecule has 4 N–H and O–H groups in total. The van der Waals surface area contributed by atoms with Crippen LogP contribution >= 0.6 is 0 Å². The number of benzene rings is 1. The SMILES string of the molecule is CC1CC(N)CCN1C(C)c1cc(O)cc(O)c1. The van der Waals surface area contributed by atoms with E-state index in [9.17, 15) is 10.2 Å². The van der Waals surface area contributed by atoms with Crippen molar-refractivity contribution in [1.29, 1.82) is 0 Å². The van der Waals surface area contributed by atoms with E-state index in [1.165, 1.54) is 6.07 Å². The van der Waals surface area contributed by atoms with Gasteiger partial charge in [-0.1, -0.05) is 0 Å². The standard InChI is InChI=1S/C14H22N2O2/c1-9-5-12(15)3-4-16(9)10(2)11-6-13(17)8-14(18)7-11/h6-10,12,17-18H,3-5,15H2,1-2H3. The van der Waals surface area contributed by atoms with Crippen LogP contribution in [0.3, 0.4) is 0 Å². The van der Waals surface area contributed by atoms with Gasteiger partial charge in [0.15, 0.2) is 0 Å². The van der Waals surface area contributed by atoms with E-state index >= 15 is 0 Å². The third kappa shape index (κ3) is 2.76. The third-order valence-corrected chi connectivity index (χ3v) is 3.87. The van der Waals surface area contributed by atoms with Crippen LogP contribution in [0.15, 0.2) is 18.2 Å². The first-order valence-corrected chi connectivity index (χ1v) is 6.51. The Hall–Kier alpha value is -1.26. The minimum absolute atomic E-state index is 0.109. The first-order valence-electron chi connectivity index (χ1n) is 6.51. The zero-order chi connectivity index (χ0) is 13.3. The molecule has 1 aromatic carbocycles. The van der Waals surface area contributed by atoms with Gasteiger partial charge in [-0.05, 0) is 44.4 Å². The lowest BCUT2D eigenvalue weighted by atomic mass is 9.95. The summed E-state index contributed by atoms with van der Waals surface area (Å²) in [5.74, 6) is 0.219. The van der Waals surface area contributed by atoms with Crippen LogP contribution in [0.4, 0.5) is 0 Å². The molecule has 1 aliphatic rings. The van der Waals surface area contributed by atoms with Gasteiger partial charge in [0.2, 0.25) is 0 Å². The number of hydrogen-bond acceptors (Lipinski definition) is 4. The minimum Gasteiger partial charge on any atom is -0.508 e. The van der Waals surface area contributed by atoms with E-state index in [1.807, 2.05) is 0 Å². The van der Waals surface area contributed by atoms with Gasteiger partial charge in [-0.25, -0.2) is 0 Å². The molecule has 0 saturated carbocycles. The molecule has 0 spiro atoms. The topological polar surface area (TPSA) is 69.7 Å². The van der Waals surface area contributed by atoms with Crippen LogP contribution in [0.1, 0.15) is 38.3 Å². The molecule has 4 heteroatoms. The summed E-state index contributed by atoms with van der Waals surface area (Å²) in [4.78, 5) is 2.37. The Morgan fingerprint density at radius 3 is 2.44 bits per heavy atom. The average molecular weight is 250 g/mol. The Bertz CT molecular complexity index is 402. The molecule has 4 nitrogen and oxygen atoms in total. The molecule has 0 aliphatic carbocycles. The van der Waals surface area contributed by atoms with Gasteiger partial charge < -0.3 is 15.9 Å². The van der Waals surface area contributed by atoms with Gasteiger partial charge in [0.25, 0.3) is 0 Å². The zero-order valence-electron chi connectivity index (χ0n) is 11.0. The smallest absolute Gasteiger partial charge is 0.119 e. The Morgan fingerprint density at radius 2 is 1.89 bits per heavy atom. The molecule has 3 unspecified atom stereocenters. The van der Waals surface area contributed by atoms with Crippen molar-refractivity contribution in [3.8, 4) is 11.5 Å². The van der Waals surface area contributed by atoms with Gasteiger partial charge in [0.05, 0.1) is 0 Å². The molecule has 1 aromatic rings. The predicted octanol–water partition coefficient (Wildman–Crippen LogP) is 1.97. The summed E-state index contributed by atoms with van der Waals surface area (Å²) in [6, 6.07) is 5.67. The number of aromatic hydroxyl groups is 2. The largest absolute Gasteiger partial charge is 0.508 e. The molecule has 1 aliphatic heterocycles. The number of rotatable bonds is 2. The Kier molecular flexibility index (Phi) is 3.78. The highest BCUT2D eigenvalue weighted by molar-refractivity contribution is 5.38. The molecule has 1 fully saturated rings. The number of phenols is 2. The van der Waals surface area contributed by atoms with Crippen LogP contribution in [0, 0.1) is 0 Å². The summed E-state index contributed by atoms with van der Waals surface area (Å²) in [5, 5.41) is 19.1. The number of phenolic OH excluding ortho intramolecular Hbond substituents is 2. The fraction of sp³-hybridized carbons (Fsp3) is 0.571. The van der Waals surface area contributed by atoms with Crippen molar-refractivity contribution in [1.82, 2.24) is 4.90 Å². The van der Waals surface area contributed by atoms with Gasteiger partial charge in [0.1, 0.15) is 11.5 Å². The molecule has 0 amide bonds. The lowest BCUT2D eigenvalue weighted by Crippen LogP contribution is -2.46. The summed E-state index contributed by atoms with van der Waals surface area (Å²) in [7, 11) is 0. The van der Waals surface area contributed by atoms with Crippen molar-refractivity contribution in [2.24, 2.45) is 5.73 Å². The highest BCUT2D eigenvalue weighted by Crippen LogP contribution is 2.31. The van der Waals surface area contributed by atoms with Gasteiger partial charge in [-0.3, -0.25) is 4.90 Å². The second kappa shape index (κ2) is 5.16. The van der Waals surface area contributed by atoms with Gasteiger partial charge in [-0.2, -0.15) is 0 Å². The summed E-state index contributed by atoms with van der Waals surface area (Å²) in [5.41, 5.74) is 6.91. The van der Waals surface area contributed by atoms with Crippen molar-refractivity contribution in [2.75, 3.05) is 6.54 Å². The predicted molar refractivity (Wildman–Crippen MR) is 71.6 cm³/mol. The number of nitrogens with two attached hydrogens (primary N) is 1. The molecule has 3 atom stereocenters. The van der Waals surface area contributed by atoms with E-state index in [0.29, 0.717) is 12.1 Å². The van der Waals surface area contributed by atoms with Crippen molar-refractivity contribution in [3.63, 3.8) is 0 Å². The molecular weight excluding hydrogens is 228 g/mol. The molecule has 1 heterocycles. The average Bonchev–Trinajstić information content (AvgIpc) is 2.26. The number of likely N-dealkylation sites (tertiary alicyclic amines) is 1. The van der Waals surface area contributed by atoms with E-state index < -0.39 is 0 Å². The van der Waals surface area contributed by atoms with E-state index in [0.717, 1.165) is 24.9 Å². The first-order chi connectivity index (χ1) is 8.47. The van der Waals surface area contributed by atoms with Gasteiger partial charge in [-0.15, -0.1) is 0 Å². The Morgan fingerprint density at radius 1 is 1.28 bits per heavy atom. The van der Waals surface area contributed by atoms with E-state index in [1.54, 1.807) is 12.1 Å². The summed E-state index contributed by atoms with van der Waals surface area (Å²) < 4.78 is 0. The van der Waals surface area contributed by atoms with Crippen LogP contribution in [-0.2, 0) is 0 Å². The summed E-state index contributed by atoms with van der Waals surface area (Å²) in [6.45, 7) is 5.24. The van der Waals surface area contributed by atoms with E-state index in [4.69, 9.17) is 5.73 Å². The molecule has 0 aromatic heterocycles. The van der Waals surface area contributed by atoms with E-state index in [2.05, 4.69) is 18.7 Å². The monoisotopic (exact) mass is 250 g/mol. The second-order valence-electron chi connectivity index (χ2n) is 5.33. The lowest BCUT2D eigenvalue weighted by Gasteiger charge is -2.40. The highest BCUT2D eigenvalue weighted by atomic mass is 16.3. The van der Waals surface area contributed by atoms with Crippen LogP contribution in [-0.4, -0.2) is 33.7 Å². The Balaban J connectivity index is 2.17. The fourth-order valence-corrected chi connectivity index (χ4v) is 2.85. The molecule has 0 radical (unpaired) electrons. The maximum absolute atomic E-state index is 9.55. The highest BCUT2D eigenvalue weighted by Gasteiger charge is 2.27. The number of piperidine rings is 1. The van der Waals surface area contributed by atoms with Crippen molar-refractivity contribution in [3.05, 3.63) is 23.8 Å². The molecule has 1 saturated heterocycles. The first kappa shape index (κ1) is 13.2. The number of nitrogens with zero attached hydrogens (tertiary/aromatic N) is 1. The zero-order valence-corrected chi connectivity index (χ0v) is 11.0. The third-order valence-electron chi connectivity index (χ3n) is 3.87. The normalized spacial score (nSPS) is 27.1. The fourth-order valence-electron chi connectivity index (χ4n) is 2.85. The quantitative estimate of drug-likeness (QED) is 0.750.